The Bertz CT molecular complexity index is 441. The van der Waals surface area contributed by atoms with Gasteiger partial charge in [-0.1, -0.05) is 6.07 Å². The summed E-state index contributed by atoms with van der Waals surface area (Å²) >= 11 is 1.66. The second-order valence-electron chi connectivity index (χ2n) is 4.39. The van der Waals surface area contributed by atoms with E-state index in [0.717, 1.165) is 5.76 Å². The molecular weight excluding hydrogens is 262 g/mol. The van der Waals surface area contributed by atoms with Gasteiger partial charge in [-0.25, -0.2) is 0 Å². The lowest BCUT2D eigenvalue weighted by Gasteiger charge is -2.15. The van der Waals surface area contributed by atoms with Gasteiger partial charge in [0, 0.05) is 11.4 Å². The van der Waals surface area contributed by atoms with E-state index >= 15 is 0 Å². The number of thiophene rings is 1. The monoisotopic (exact) mass is 281 g/mol. The first-order chi connectivity index (χ1) is 9.25. The summed E-state index contributed by atoms with van der Waals surface area (Å²) in [6, 6.07) is 7.87. The van der Waals surface area contributed by atoms with E-state index in [1.165, 1.54) is 4.88 Å². The fourth-order valence-electron chi connectivity index (χ4n) is 1.70. The average Bonchev–Trinajstić information content (AvgIpc) is 3.08. The van der Waals surface area contributed by atoms with Crippen molar-refractivity contribution in [2.75, 3.05) is 13.2 Å². The van der Waals surface area contributed by atoms with Crippen molar-refractivity contribution in [3.05, 3.63) is 46.5 Å². The van der Waals surface area contributed by atoms with Gasteiger partial charge in [0.25, 0.3) is 0 Å². The third kappa shape index (κ3) is 4.80. The van der Waals surface area contributed by atoms with Crippen molar-refractivity contribution in [3.63, 3.8) is 0 Å². The quantitative estimate of drug-likeness (QED) is 0.781. The van der Waals surface area contributed by atoms with Crippen molar-refractivity contribution in [1.82, 2.24) is 5.32 Å². The van der Waals surface area contributed by atoms with Crippen LogP contribution in [0.5, 0.6) is 0 Å². The number of rotatable bonds is 8. The maximum Gasteiger partial charge on any atom is 0.120 e. The van der Waals surface area contributed by atoms with Gasteiger partial charge in [0.05, 0.1) is 31.6 Å². The van der Waals surface area contributed by atoms with Crippen molar-refractivity contribution in [2.45, 2.75) is 25.7 Å². The number of nitrogens with one attached hydrogen (secondary N) is 1. The third-order valence-electron chi connectivity index (χ3n) is 2.76. The average molecular weight is 281 g/mol. The number of hydrogen-bond donors (Lipinski definition) is 2. The number of aliphatic hydroxyl groups excluding tert-OH is 1. The Morgan fingerprint density at radius 2 is 2.32 bits per heavy atom. The topological polar surface area (TPSA) is 54.6 Å². The number of furan rings is 1. The molecule has 0 aliphatic heterocycles. The minimum absolute atomic E-state index is 0.0851. The molecule has 4 nitrogen and oxygen atoms in total. The predicted octanol–water partition coefficient (Wildman–Crippen LogP) is 2.57. The van der Waals surface area contributed by atoms with Crippen molar-refractivity contribution in [1.29, 1.82) is 0 Å². The lowest BCUT2D eigenvalue weighted by molar-refractivity contribution is 0.0285. The minimum Gasteiger partial charge on any atom is -0.468 e. The van der Waals surface area contributed by atoms with Crippen LogP contribution in [0.3, 0.4) is 0 Å². The van der Waals surface area contributed by atoms with E-state index in [2.05, 4.69) is 5.32 Å². The number of hydrogen-bond acceptors (Lipinski definition) is 5. The van der Waals surface area contributed by atoms with Gasteiger partial charge in [-0.15, -0.1) is 11.3 Å². The smallest absolute Gasteiger partial charge is 0.120 e. The summed E-state index contributed by atoms with van der Waals surface area (Å²) < 4.78 is 10.7. The molecule has 2 atom stereocenters. The van der Waals surface area contributed by atoms with Crippen molar-refractivity contribution in [3.8, 4) is 0 Å². The van der Waals surface area contributed by atoms with E-state index in [9.17, 15) is 5.11 Å². The zero-order chi connectivity index (χ0) is 13.5. The van der Waals surface area contributed by atoms with Crippen molar-refractivity contribution >= 4 is 11.3 Å². The molecule has 0 bridgehead atoms. The van der Waals surface area contributed by atoms with Crippen LogP contribution < -0.4 is 5.32 Å². The summed E-state index contributed by atoms with van der Waals surface area (Å²) in [5.41, 5.74) is 0. The second kappa shape index (κ2) is 7.45. The molecule has 104 valence electrons. The van der Waals surface area contributed by atoms with Gasteiger partial charge in [-0.3, -0.25) is 0 Å². The lowest BCUT2D eigenvalue weighted by Crippen LogP contribution is -2.31. The molecule has 0 aliphatic carbocycles. The van der Waals surface area contributed by atoms with E-state index in [1.807, 2.05) is 36.6 Å². The Hall–Kier alpha value is -1.14. The SMILES string of the molecule is CC(NCC(O)COCc1cccs1)c1ccco1. The highest BCUT2D eigenvalue weighted by molar-refractivity contribution is 7.09. The van der Waals surface area contributed by atoms with Crippen LogP contribution in [0, 0.1) is 0 Å². The molecule has 2 aromatic heterocycles. The highest BCUT2D eigenvalue weighted by Gasteiger charge is 2.10. The van der Waals surface area contributed by atoms with E-state index < -0.39 is 6.10 Å². The Morgan fingerprint density at radius 3 is 3.00 bits per heavy atom. The highest BCUT2D eigenvalue weighted by Crippen LogP contribution is 2.12. The number of aliphatic hydroxyl groups is 1. The standard InChI is InChI=1S/C14H19NO3S/c1-11(14-5-2-6-18-14)15-8-12(16)9-17-10-13-4-3-7-19-13/h2-7,11-12,15-16H,8-10H2,1H3. The van der Waals surface area contributed by atoms with E-state index in [4.69, 9.17) is 9.15 Å². The summed E-state index contributed by atoms with van der Waals surface area (Å²) in [5, 5.41) is 15.0. The molecule has 2 N–H and O–H groups in total. The Balaban J connectivity index is 1.60. The van der Waals surface area contributed by atoms with Crippen LogP contribution in [-0.4, -0.2) is 24.4 Å². The maximum absolute atomic E-state index is 9.81. The molecule has 0 fully saturated rings. The summed E-state index contributed by atoms with van der Waals surface area (Å²) in [4.78, 5) is 1.17. The second-order valence-corrected chi connectivity index (χ2v) is 5.43. The first-order valence-corrected chi connectivity index (χ1v) is 7.18. The van der Waals surface area contributed by atoms with E-state index in [-0.39, 0.29) is 6.04 Å². The molecule has 19 heavy (non-hydrogen) atoms. The van der Waals surface area contributed by atoms with Gasteiger partial charge >= 0.3 is 0 Å². The molecule has 0 aromatic carbocycles. The Labute approximate surface area is 117 Å². The normalized spacial score (nSPS) is 14.4. The molecule has 0 amide bonds. The van der Waals surface area contributed by atoms with E-state index in [0.29, 0.717) is 19.8 Å². The lowest BCUT2D eigenvalue weighted by atomic mass is 10.2. The van der Waals surface area contributed by atoms with Gasteiger partial charge in [-0.2, -0.15) is 0 Å². The summed E-state index contributed by atoms with van der Waals surface area (Å²) in [6.45, 7) is 3.36. The summed E-state index contributed by atoms with van der Waals surface area (Å²) in [5.74, 6) is 0.867. The molecule has 0 saturated heterocycles. The van der Waals surface area contributed by atoms with Crippen LogP contribution in [-0.2, 0) is 11.3 Å². The van der Waals surface area contributed by atoms with Crippen molar-refractivity contribution < 1.29 is 14.3 Å². The fourth-order valence-corrected chi connectivity index (χ4v) is 2.34. The van der Waals surface area contributed by atoms with Gasteiger partial charge < -0.3 is 19.6 Å². The molecule has 0 saturated carbocycles. The largest absolute Gasteiger partial charge is 0.468 e. The Morgan fingerprint density at radius 1 is 1.42 bits per heavy atom. The molecule has 5 heteroatoms. The van der Waals surface area contributed by atoms with Crippen LogP contribution in [0.4, 0.5) is 0 Å². The van der Waals surface area contributed by atoms with Crippen LogP contribution >= 0.6 is 11.3 Å². The zero-order valence-electron chi connectivity index (χ0n) is 10.9. The zero-order valence-corrected chi connectivity index (χ0v) is 11.7. The summed E-state index contributed by atoms with van der Waals surface area (Å²) in [7, 11) is 0. The summed E-state index contributed by atoms with van der Waals surface area (Å²) in [6.07, 6.45) is 1.13. The molecular formula is C14H19NO3S. The van der Waals surface area contributed by atoms with E-state index in [1.54, 1.807) is 17.6 Å². The van der Waals surface area contributed by atoms with Crippen LogP contribution in [0.1, 0.15) is 23.6 Å². The molecule has 2 rings (SSSR count). The third-order valence-corrected chi connectivity index (χ3v) is 3.61. The molecule has 0 spiro atoms. The number of ether oxygens (including phenoxy) is 1. The maximum atomic E-state index is 9.81. The van der Waals surface area contributed by atoms with Crippen molar-refractivity contribution in [2.24, 2.45) is 0 Å². The molecule has 0 aliphatic rings. The van der Waals surface area contributed by atoms with Crippen LogP contribution in [0.25, 0.3) is 0 Å². The fraction of sp³-hybridized carbons (Fsp3) is 0.429. The predicted molar refractivity (Wildman–Crippen MR) is 75.1 cm³/mol. The van der Waals surface area contributed by atoms with Crippen LogP contribution in [0.15, 0.2) is 40.3 Å². The first kappa shape index (κ1) is 14.3. The van der Waals surface area contributed by atoms with Gasteiger partial charge in [-0.05, 0) is 30.5 Å². The first-order valence-electron chi connectivity index (χ1n) is 6.30. The van der Waals surface area contributed by atoms with Crippen LogP contribution in [0.2, 0.25) is 0 Å². The molecule has 2 aromatic rings. The van der Waals surface area contributed by atoms with Gasteiger partial charge in [0.15, 0.2) is 0 Å². The minimum atomic E-state index is -0.516. The highest BCUT2D eigenvalue weighted by atomic mass is 32.1. The molecule has 2 unspecified atom stereocenters. The Kier molecular flexibility index (Phi) is 5.60. The molecule has 0 radical (unpaired) electrons. The molecule has 2 heterocycles. The van der Waals surface area contributed by atoms with Gasteiger partial charge in [0.2, 0.25) is 0 Å². The van der Waals surface area contributed by atoms with Gasteiger partial charge in [0.1, 0.15) is 5.76 Å².